The van der Waals surface area contributed by atoms with Crippen molar-refractivity contribution in [2.45, 2.75) is 31.8 Å². The van der Waals surface area contributed by atoms with Crippen molar-refractivity contribution in [1.82, 2.24) is 0 Å². The number of benzene rings is 3. The van der Waals surface area contributed by atoms with E-state index in [4.69, 9.17) is 10.00 Å². The highest BCUT2D eigenvalue weighted by Gasteiger charge is 2.24. The molecule has 0 spiro atoms. The van der Waals surface area contributed by atoms with E-state index in [2.05, 4.69) is 10.0 Å². The Morgan fingerprint density at radius 3 is 2.47 bits per heavy atom. The van der Waals surface area contributed by atoms with Gasteiger partial charge in [0.05, 0.1) is 27.8 Å². The van der Waals surface area contributed by atoms with Crippen LogP contribution in [-0.2, 0) is 19.6 Å². The van der Waals surface area contributed by atoms with Crippen molar-refractivity contribution >= 4 is 33.3 Å². The first-order valence-electron chi connectivity index (χ1n) is 10.3. The first-order chi connectivity index (χ1) is 16.1. The van der Waals surface area contributed by atoms with Crippen LogP contribution in [0.5, 0.6) is 0 Å². The Morgan fingerprint density at radius 1 is 1.00 bits per heavy atom. The van der Waals surface area contributed by atoms with E-state index in [-0.39, 0.29) is 16.1 Å². The minimum absolute atomic E-state index is 0.0303. The van der Waals surface area contributed by atoms with Gasteiger partial charge >= 0.3 is 5.97 Å². The molecule has 174 valence electrons. The summed E-state index contributed by atoms with van der Waals surface area (Å²) < 4.78 is 33.7. The number of nitriles is 1. The van der Waals surface area contributed by atoms with Crippen molar-refractivity contribution in [3.63, 3.8) is 0 Å². The predicted molar refractivity (Wildman–Crippen MR) is 128 cm³/mol. The molecule has 0 aromatic heterocycles. The van der Waals surface area contributed by atoms with Crippen molar-refractivity contribution in [1.29, 1.82) is 5.26 Å². The number of hydrogen-bond donors (Lipinski definition) is 2. The molecule has 1 unspecified atom stereocenters. The van der Waals surface area contributed by atoms with Gasteiger partial charge in [0.25, 0.3) is 15.9 Å². The molecule has 2 N–H and O–H groups in total. The molecule has 0 fully saturated rings. The number of anilines is 2. The molecule has 3 aromatic rings. The van der Waals surface area contributed by atoms with Crippen LogP contribution < -0.4 is 10.0 Å². The zero-order valence-electron chi connectivity index (χ0n) is 18.8. The average Bonchev–Trinajstić information content (AvgIpc) is 2.80. The van der Waals surface area contributed by atoms with E-state index in [0.29, 0.717) is 16.8 Å². The standard InChI is InChI=1S/C25H23N3O5S/c1-16-11-12-17(2)23(13-16)34(31,32)28-22-10-5-4-9-21(22)25(30)33-18(3)24(29)27-20-8-6-7-19(14-20)15-26/h4-14,18,28H,1-3H3,(H,27,29). The largest absolute Gasteiger partial charge is 0.449 e. The van der Waals surface area contributed by atoms with Crippen LogP contribution in [0.1, 0.15) is 34.0 Å². The van der Waals surface area contributed by atoms with Crippen LogP contribution in [0.25, 0.3) is 0 Å². The lowest BCUT2D eigenvalue weighted by atomic mass is 10.2. The maximum Gasteiger partial charge on any atom is 0.341 e. The fraction of sp³-hybridized carbons (Fsp3) is 0.160. The summed E-state index contributed by atoms with van der Waals surface area (Å²) in [6.07, 6.45) is -1.18. The summed E-state index contributed by atoms with van der Waals surface area (Å²) in [7, 11) is -3.98. The van der Waals surface area contributed by atoms with Gasteiger partial charge in [-0.25, -0.2) is 13.2 Å². The summed E-state index contributed by atoms with van der Waals surface area (Å²) in [6.45, 7) is 4.86. The van der Waals surface area contributed by atoms with Crippen LogP contribution in [0.4, 0.5) is 11.4 Å². The second-order valence-electron chi connectivity index (χ2n) is 7.65. The summed E-state index contributed by atoms with van der Waals surface area (Å²) in [5.74, 6) is -1.47. The normalized spacial score (nSPS) is 11.7. The van der Waals surface area contributed by atoms with E-state index in [1.54, 1.807) is 56.3 Å². The summed E-state index contributed by atoms with van der Waals surface area (Å²) in [5, 5.41) is 11.6. The van der Waals surface area contributed by atoms with Crippen LogP contribution in [0.15, 0.2) is 71.6 Å². The number of aryl methyl sites for hydroxylation is 2. The summed E-state index contributed by atoms with van der Waals surface area (Å²) in [4.78, 5) is 25.4. The molecule has 0 radical (unpaired) electrons. The molecule has 3 rings (SSSR count). The van der Waals surface area contributed by atoms with Gasteiger partial charge in [-0.05, 0) is 68.3 Å². The molecule has 0 bridgehead atoms. The van der Waals surface area contributed by atoms with Crippen LogP contribution in [0.3, 0.4) is 0 Å². The third kappa shape index (κ3) is 5.79. The van der Waals surface area contributed by atoms with Crippen LogP contribution in [-0.4, -0.2) is 26.4 Å². The zero-order chi connectivity index (χ0) is 24.9. The summed E-state index contributed by atoms with van der Waals surface area (Å²) in [6, 6.07) is 19.3. The Morgan fingerprint density at radius 2 is 1.74 bits per heavy atom. The number of esters is 1. The van der Waals surface area contributed by atoms with Crippen molar-refractivity contribution in [2.24, 2.45) is 0 Å². The Bertz CT molecular complexity index is 1390. The number of carbonyl (C=O) groups excluding carboxylic acids is 2. The third-order valence-electron chi connectivity index (χ3n) is 4.94. The van der Waals surface area contributed by atoms with Crippen molar-refractivity contribution < 1.29 is 22.7 Å². The summed E-state index contributed by atoms with van der Waals surface area (Å²) >= 11 is 0. The van der Waals surface area contributed by atoms with Gasteiger partial charge in [0, 0.05) is 5.69 Å². The molecule has 0 saturated carbocycles. The molecule has 0 aliphatic rings. The highest BCUT2D eigenvalue weighted by molar-refractivity contribution is 7.92. The maximum absolute atomic E-state index is 13.0. The number of amides is 1. The van der Waals surface area contributed by atoms with Crippen LogP contribution in [0, 0.1) is 25.2 Å². The molecule has 1 amide bonds. The fourth-order valence-electron chi connectivity index (χ4n) is 3.13. The van der Waals surface area contributed by atoms with Crippen molar-refractivity contribution in [3.05, 3.63) is 89.0 Å². The zero-order valence-corrected chi connectivity index (χ0v) is 19.6. The maximum atomic E-state index is 13.0. The molecule has 8 nitrogen and oxygen atoms in total. The monoisotopic (exact) mass is 477 g/mol. The van der Waals surface area contributed by atoms with Gasteiger partial charge in [-0.15, -0.1) is 0 Å². The lowest BCUT2D eigenvalue weighted by Gasteiger charge is -2.16. The van der Waals surface area contributed by atoms with Crippen molar-refractivity contribution in [3.8, 4) is 6.07 Å². The minimum Gasteiger partial charge on any atom is -0.449 e. The number of para-hydroxylation sites is 1. The fourth-order valence-corrected chi connectivity index (χ4v) is 4.55. The lowest BCUT2D eigenvalue weighted by Crippen LogP contribution is -2.30. The van der Waals surface area contributed by atoms with Gasteiger partial charge in [0.1, 0.15) is 0 Å². The van der Waals surface area contributed by atoms with E-state index in [1.165, 1.54) is 25.1 Å². The molecule has 9 heteroatoms. The molecule has 34 heavy (non-hydrogen) atoms. The smallest absolute Gasteiger partial charge is 0.341 e. The third-order valence-corrected chi connectivity index (χ3v) is 6.44. The first kappa shape index (κ1) is 24.5. The Labute approximate surface area is 198 Å². The van der Waals surface area contributed by atoms with E-state index in [0.717, 1.165) is 5.56 Å². The molecule has 0 aliphatic heterocycles. The van der Waals surface area contributed by atoms with Gasteiger partial charge in [-0.1, -0.05) is 30.3 Å². The number of rotatable bonds is 7. The Hall–Kier alpha value is -4.16. The number of sulfonamides is 1. The minimum atomic E-state index is -3.98. The van der Waals surface area contributed by atoms with E-state index >= 15 is 0 Å². The highest BCUT2D eigenvalue weighted by atomic mass is 32.2. The number of nitrogens with one attached hydrogen (secondary N) is 2. The molecule has 1 atom stereocenters. The topological polar surface area (TPSA) is 125 Å². The van der Waals surface area contributed by atoms with E-state index in [1.807, 2.05) is 12.1 Å². The summed E-state index contributed by atoms with van der Waals surface area (Å²) in [5.41, 5.74) is 2.08. The lowest BCUT2D eigenvalue weighted by molar-refractivity contribution is -0.123. The predicted octanol–water partition coefficient (Wildman–Crippen LogP) is 4.16. The van der Waals surface area contributed by atoms with Gasteiger partial charge in [-0.2, -0.15) is 5.26 Å². The molecule has 0 heterocycles. The molecule has 0 saturated heterocycles. The van der Waals surface area contributed by atoms with E-state index in [9.17, 15) is 18.0 Å². The van der Waals surface area contributed by atoms with E-state index < -0.39 is 28.0 Å². The number of nitrogens with zero attached hydrogens (tertiary/aromatic N) is 1. The van der Waals surface area contributed by atoms with Gasteiger partial charge in [0.2, 0.25) is 0 Å². The van der Waals surface area contributed by atoms with Gasteiger partial charge < -0.3 is 10.1 Å². The van der Waals surface area contributed by atoms with Crippen LogP contribution in [0.2, 0.25) is 0 Å². The number of carbonyl (C=O) groups is 2. The average molecular weight is 478 g/mol. The SMILES string of the molecule is Cc1ccc(C)c(S(=O)(=O)Nc2ccccc2C(=O)OC(C)C(=O)Nc2cccc(C#N)c2)c1. The molecular weight excluding hydrogens is 454 g/mol. The van der Waals surface area contributed by atoms with Gasteiger partial charge in [-0.3, -0.25) is 9.52 Å². The quantitative estimate of drug-likeness (QED) is 0.492. The first-order valence-corrected chi connectivity index (χ1v) is 11.8. The number of hydrogen-bond acceptors (Lipinski definition) is 6. The Kier molecular flexibility index (Phi) is 7.34. The molecule has 3 aromatic carbocycles. The Balaban J connectivity index is 1.77. The second kappa shape index (κ2) is 10.2. The molecular formula is C25H23N3O5S. The van der Waals surface area contributed by atoms with Crippen LogP contribution >= 0.6 is 0 Å². The van der Waals surface area contributed by atoms with Gasteiger partial charge in [0.15, 0.2) is 6.10 Å². The second-order valence-corrected chi connectivity index (χ2v) is 9.30. The van der Waals surface area contributed by atoms with Crippen molar-refractivity contribution in [2.75, 3.05) is 10.0 Å². The number of ether oxygens (including phenoxy) is 1. The molecule has 0 aliphatic carbocycles. The highest BCUT2D eigenvalue weighted by Crippen LogP contribution is 2.24.